The van der Waals surface area contributed by atoms with Gasteiger partial charge in [-0.05, 0) is 54.2 Å². The lowest BCUT2D eigenvalue weighted by molar-refractivity contribution is 0.0697. The summed E-state index contributed by atoms with van der Waals surface area (Å²) in [5.74, 6) is 0.738. The Morgan fingerprint density at radius 1 is 1.20 bits per heavy atom. The smallest absolute Gasteiger partial charge is 0.335 e. The average molecular weight is 335 g/mol. The number of benzene rings is 2. The Labute approximate surface area is 147 Å². The van der Waals surface area contributed by atoms with Gasteiger partial charge in [0.05, 0.1) is 24.4 Å². The number of aryl methyl sites for hydroxylation is 1. The number of carboxylic acid groups (broad SMARTS) is 1. The highest BCUT2D eigenvalue weighted by Gasteiger charge is 2.39. The van der Waals surface area contributed by atoms with Gasteiger partial charge in [-0.2, -0.15) is 0 Å². The second-order valence-corrected chi connectivity index (χ2v) is 6.78. The van der Waals surface area contributed by atoms with Gasteiger partial charge >= 0.3 is 5.97 Å². The number of carbonyl (C=O) groups is 1. The number of aromatic carboxylic acids is 1. The summed E-state index contributed by atoms with van der Waals surface area (Å²) < 4.78 is 5.59. The number of ether oxygens (including phenoxy) is 1. The van der Waals surface area contributed by atoms with Crippen molar-refractivity contribution in [3.8, 4) is 5.75 Å². The van der Waals surface area contributed by atoms with Crippen molar-refractivity contribution in [2.45, 2.75) is 25.3 Å². The molecule has 2 aromatic rings. The molecule has 1 heterocycles. The lowest BCUT2D eigenvalue weighted by atomic mass is 9.75. The number of rotatable bonds is 3. The predicted molar refractivity (Wildman–Crippen MR) is 97.5 cm³/mol. The van der Waals surface area contributed by atoms with E-state index in [-0.39, 0.29) is 6.04 Å². The number of hydrogen-bond acceptors (Lipinski definition) is 3. The van der Waals surface area contributed by atoms with Gasteiger partial charge < -0.3 is 15.2 Å². The number of methoxy groups -OCH3 is 1. The van der Waals surface area contributed by atoms with Crippen molar-refractivity contribution in [2.75, 3.05) is 12.4 Å². The highest BCUT2D eigenvalue weighted by molar-refractivity contribution is 5.87. The van der Waals surface area contributed by atoms with Crippen molar-refractivity contribution in [3.05, 3.63) is 70.8 Å². The van der Waals surface area contributed by atoms with Crippen LogP contribution in [0.15, 0.2) is 48.6 Å². The molecular weight excluding hydrogens is 314 g/mol. The van der Waals surface area contributed by atoms with Crippen molar-refractivity contribution in [1.29, 1.82) is 0 Å². The lowest BCUT2D eigenvalue weighted by Gasteiger charge is -2.39. The Kier molecular flexibility index (Phi) is 3.75. The molecule has 25 heavy (non-hydrogen) atoms. The Bertz CT molecular complexity index is 854. The Morgan fingerprint density at radius 2 is 1.96 bits per heavy atom. The maximum Gasteiger partial charge on any atom is 0.335 e. The monoisotopic (exact) mass is 335 g/mol. The van der Waals surface area contributed by atoms with Crippen molar-refractivity contribution < 1.29 is 14.6 Å². The third-order valence-electron chi connectivity index (χ3n) is 5.44. The van der Waals surface area contributed by atoms with Gasteiger partial charge in [-0.3, -0.25) is 0 Å². The number of allylic oxidation sites excluding steroid dienone is 2. The zero-order chi connectivity index (χ0) is 17.6. The van der Waals surface area contributed by atoms with E-state index in [4.69, 9.17) is 9.84 Å². The lowest BCUT2D eigenvalue weighted by Crippen LogP contribution is -2.30. The number of hydrogen-bond donors (Lipinski definition) is 2. The molecular formula is C21H21NO3. The quantitative estimate of drug-likeness (QED) is 0.809. The fourth-order valence-corrected chi connectivity index (χ4v) is 4.20. The third kappa shape index (κ3) is 2.49. The molecule has 0 unspecified atom stereocenters. The molecule has 0 bridgehead atoms. The van der Waals surface area contributed by atoms with E-state index in [0.717, 1.165) is 23.4 Å². The van der Waals surface area contributed by atoms with Crippen LogP contribution in [0.3, 0.4) is 0 Å². The summed E-state index contributed by atoms with van der Waals surface area (Å²) in [4.78, 5) is 11.1. The van der Waals surface area contributed by atoms with Crippen molar-refractivity contribution in [2.24, 2.45) is 5.92 Å². The first-order valence-electron chi connectivity index (χ1n) is 8.54. The first-order valence-corrected chi connectivity index (χ1v) is 8.54. The average Bonchev–Trinajstić information content (AvgIpc) is 3.11. The molecule has 128 valence electrons. The molecule has 2 aromatic carbocycles. The summed E-state index contributed by atoms with van der Waals surface area (Å²) in [7, 11) is 1.69. The van der Waals surface area contributed by atoms with Crippen LogP contribution in [-0.2, 0) is 0 Å². The molecule has 3 atom stereocenters. The fraction of sp³-hybridized carbons (Fsp3) is 0.286. The van der Waals surface area contributed by atoms with E-state index < -0.39 is 5.97 Å². The Hall–Kier alpha value is -2.75. The molecule has 0 saturated heterocycles. The van der Waals surface area contributed by atoms with Gasteiger partial charge in [0.2, 0.25) is 0 Å². The standard InChI is InChI=1S/C21H21NO3/c1-12-6-11-17(25-2)20-18(12)15-4-3-5-16(15)19(22-20)13-7-9-14(10-8-13)21(23)24/h3-4,6-11,15-16,19,22H,5H2,1-2H3,(H,23,24)/t15-,16-,19+/m1/s1. The van der Waals surface area contributed by atoms with E-state index in [1.165, 1.54) is 11.1 Å². The van der Waals surface area contributed by atoms with E-state index in [1.54, 1.807) is 19.2 Å². The van der Waals surface area contributed by atoms with Crippen molar-refractivity contribution in [1.82, 2.24) is 0 Å². The van der Waals surface area contributed by atoms with E-state index in [1.807, 2.05) is 18.2 Å². The Balaban J connectivity index is 1.79. The van der Waals surface area contributed by atoms with E-state index >= 15 is 0 Å². The maximum absolute atomic E-state index is 11.1. The summed E-state index contributed by atoms with van der Waals surface area (Å²) in [5, 5.41) is 12.8. The van der Waals surface area contributed by atoms with Gasteiger partial charge in [-0.1, -0.05) is 30.4 Å². The largest absolute Gasteiger partial charge is 0.495 e. The minimum atomic E-state index is -0.897. The molecule has 0 spiro atoms. The highest BCUT2D eigenvalue weighted by atomic mass is 16.5. The molecule has 0 aromatic heterocycles. The number of carboxylic acids is 1. The zero-order valence-corrected chi connectivity index (χ0v) is 14.3. The molecule has 0 radical (unpaired) electrons. The van der Waals surface area contributed by atoms with Crippen molar-refractivity contribution in [3.63, 3.8) is 0 Å². The number of nitrogens with one attached hydrogen (secondary N) is 1. The van der Waals surface area contributed by atoms with Crippen LogP contribution in [0, 0.1) is 12.8 Å². The topological polar surface area (TPSA) is 58.6 Å². The van der Waals surface area contributed by atoms with Gasteiger partial charge in [-0.15, -0.1) is 0 Å². The Morgan fingerprint density at radius 3 is 2.64 bits per heavy atom. The van der Waals surface area contributed by atoms with Crippen molar-refractivity contribution >= 4 is 11.7 Å². The summed E-state index contributed by atoms with van der Waals surface area (Å²) in [6, 6.07) is 11.5. The van der Waals surface area contributed by atoms with E-state index in [9.17, 15) is 4.79 Å². The number of anilines is 1. The minimum absolute atomic E-state index is 0.131. The van der Waals surface area contributed by atoms with Crippen LogP contribution in [0.25, 0.3) is 0 Å². The van der Waals surface area contributed by atoms with Gasteiger partial charge in [0.15, 0.2) is 0 Å². The van der Waals surface area contributed by atoms with Gasteiger partial charge in [0.25, 0.3) is 0 Å². The minimum Gasteiger partial charge on any atom is -0.495 e. The predicted octanol–water partition coefficient (Wildman–Crippen LogP) is 4.53. The third-order valence-corrected chi connectivity index (χ3v) is 5.44. The van der Waals surface area contributed by atoms with Crippen LogP contribution in [-0.4, -0.2) is 18.2 Å². The second-order valence-electron chi connectivity index (χ2n) is 6.78. The molecule has 1 aliphatic carbocycles. The van der Waals surface area contributed by atoms with Crippen LogP contribution in [0.4, 0.5) is 5.69 Å². The summed E-state index contributed by atoms with van der Waals surface area (Å²) in [5.41, 5.74) is 5.07. The van der Waals surface area contributed by atoms with E-state index in [2.05, 4.69) is 30.5 Å². The van der Waals surface area contributed by atoms with Gasteiger partial charge in [0.1, 0.15) is 5.75 Å². The van der Waals surface area contributed by atoms with Crippen LogP contribution in [0.5, 0.6) is 5.75 Å². The summed E-state index contributed by atoms with van der Waals surface area (Å²) in [6.07, 6.45) is 5.57. The van der Waals surface area contributed by atoms with Gasteiger partial charge in [-0.25, -0.2) is 4.79 Å². The van der Waals surface area contributed by atoms with Gasteiger partial charge in [0, 0.05) is 5.92 Å². The first-order chi connectivity index (χ1) is 12.1. The zero-order valence-electron chi connectivity index (χ0n) is 14.3. The van der Waals surface area contributed by atoms with Crippen LogP contribution in [0.2, 0.25) is 0 Å². The molecule has 4 rings (SSSR count). The normalized spacial score (nSPS) is 23.5. The SMILES string of the molecule is COc1ccc(C)c2c1N[C@@H](c1ccc(C(=O)O)cc1)[C@@H]1CC=C[C@@H]21. The molecule has 0 fully saturated rings. The molecule has 0 saturated carbocycles. The molecule has 4 heteroatoms. The van der Waals surface area contributed by atoms with Crippen LogP contribution >= 0.6 is 0 Å². The molecule has 2 N–H and O–H groups in total. The van der Waals surface area contributed by atoms with Crippen LogP contribution in [0.1, 0.15) is 45.4 Å². The second kappa shape index (κ2) is 5.96. The molecule has 2 aliphatic rings. The molecule has 0 amide bonds. The first kappa shape index (κ1) is 15.8. The summed E-state index contributed by atoms with van der Waals surface area (Å²) in [6.45, 7) is 2.14. The summed E-state index contributed by atoms with van der Waals surface area (Å²) >= 11 is 0. The van der Waals surface area contributed by atoms with E-state index in [0.29, 0.717) is 17.4 Å². The molecule has 1 aliphatic heterocycles. The molecule has 4 nitrogen and oxygen atoms in total. The fourth-order valence-electron chi connectivity index (χ4n) is 4.20. The highest BCUT2D eigenvalue weighted by Crippen LogP contribution is 2.53. The maximum atomic E-state index is 11.1. The number of fused-ring (bicyclic) bond motifs is 3. The van der Waals surface area contributed by atoms with Crippen LogP contribution < -0.4 is 10.1 Å².